The molecular weight excluding hydrogens is 446 g/mol. The second-order valence-electron chi connectivity index (χ2n) is 10.5. The van der Waals surface area contributed by atoms with E-state index in [0.29, 0.717) is 6.04 Å². The van der Waals surface area contributed by atoms with E-state index in [0.717, 1.165) is 67.1 Å². The van der Waals surface area contributed by atoms with Gasteiger partial charge in [0.25, 0.3) is 0 Å². The van der Waals surface area contributed by atoms with Crippen molar-refractivity contribution >= 4 is 6.21 Å². The molecular formula is C31H42N3O2+. The normalized spacial score (nSPS) is 15.7. The average Bonchev–Trinajstić information content (AvgIpc) is 3.18. The fourth-order valence-electron chi connectivity index (χ4n) is 5.46. The van der Waals surface area contributed by atoms with Gasteiger partial charge in [-0.05, 0) is 75.8 Å². The summed E-state index contributed by atoms with van der Waals surface area (Å²) < 4.78 is 10.5. The van der Waals surface area contributed by atoms with Gasteiger partial charge in [0, 0.05) is 18.6 Å². The summed E-state index contributed by atoms with van der Waals surface area (Å²) in [6.45, 7) is 16.7. The van der Waals surface area contributed by atoms with E-state index in [1.54, 1.807) is 0 Å². The molecule has 0 amide bonds. The van der Waals surface area contributed by atoms with Crippen LogP contribution < -0.4 is 0 Å². The number of ether oxygens (including phenoxy) is 1. The minimum absolute atomic E-state index is 0.298. The maximum absolute atomic E-state index is 10.6. The van der Waals surface area contributed by atoms with Crippen molar-refractivity contribution in [2.75, 3.05) is 13.2 Å². The highest BCUT2D eigenvalue weighted by atomic mass is 16.5. The monoisotopic (exact) mass is 488 g/mol. The average molecular weight is 489 g/mol. The summed E-state index contributed by atoms with van der Waals surface area (Å²) >= 11 is 0. The number of nitrogens with zero attached hydrogens (tertiary/aromatic N) is 3. The summed E-state index contributed by atoms with van der Waals surface area (Å²) in [5.74, 6) is 0. The molecule has 36 heavy (non-hydrogen) atoms. The van der Waals surface area contributed by atoms with Gasteiger partial charge in [0.05, 0.1) is 28.2 Å². The maximum atomic E-state index is 10.6. The van der Waals surface area contributed by atoms with Crippen molar-refractivity contribution in [3.8, 4) is 5.69 Å². The van der Waals surface area contributed by atoms with E-state index in [9.17, 15) is 5.11 Å². The Morgan fingerprint density at radius 3 is 2.39 bits per heavy atom. The van der Waals surface area contributed by atoms with E-state index in [4.69, 9.17) is 9.84 Å². The topological polar surface area (TPSA) is 50.3 Å². The zero-order valence-electron chi connectivity index (χ0n) is 23.1. The van der Waals surface area contributed by atoms with Gasteiger partial charge in [-0.25, -0.2) is 9.26 Å². The van der Waals surface area contributed by atoms with Gasteiger partial charge in [0.2, 0.25) is 0 Å². The van der Waals surface area contributed by atoms with Crippen LogP contribution >= 0.6 is 0 Å². The molecule has 1 aliphatic heterocycles. The first kappa shape index (κ1) is 26.3. The third-order valence-corrected chi connectivity index (χ3v) is 7.39. The van der Waals surface area contributed by atoms with Gasteiger partial charge in [-0.1, -0.05) is 44.2 Å². The molecule has 0 spiro atoms. The van der Waals surface area contributed by atoms with Gasteiger partial charge < -0.3 is 9.84 Å². The van der Waals surface area contributed by atoms with Crippen molar-refractivity contribution in [1.29, 1.82) is 0 Å². The minimum Gasteiger partial charge on any atom is -0.386 e. The summed E-state index contributed by atoms with van der Waals surface area (Å²) in [4.78, 5) is 0. The molecule has 5 nitrogen and oxygen atoms in total. The molecule has 4 rings (SSSR count). The summed E-state index contributed by atoms with van der Waals surface area (Å²) in [6, 6.07) is 13.2. The molecule has 1 atom stereocenters. The molecule has 192 valence electrons. The molecule has 0 radical (unpaired) electrons. The number of benzene rings is 2. The molecule has 0 bridgehead atoms. The van der Waals surface area contributed by atoms with Crippen LogP contribution in [-0.4, -0.2) is 44.9 Å². The van der Waals surface area contributed by atoms with Crippen LogP contribution in [-0.2, 0) is 36.1 Å². The maximum Gasteiger partial charge on any atom is 0.180 e. The van der Waals surface area contributed by atoms with Crippen molar-refractivity contribution in [2.45, 2.75) is 85.9 Å². The molecule has 1 aliphatic rings. The van der Waals surface area contributed by atoms with Crippen LogP contribution in [0.15, 0.2) is 36.4 Å². The highest BCUT2D eigenvalue weighted by Gasteiger charge is 2.31. The number of hydrogen-bond donors (Lipinski definition) is 1. The van der Waals surface area contributed by atoms with E-state index in [1.165, 1.54) is 22.4 Å². The van der Waals surface area contributed by atoms with E-state index < -0.39 is 5.60 Å². The Kier molecular flexibility index (Phi) is 7.82. The lowest BCUT2D eigenvalue weighted by atomic mass is 9.93. The van der Waals surface area contributed by atoms with E-state index in [2.05, 4.69) is 86.5 Å². The van der Waals surface area contributed by atoms with Crippen molar-refractivity contribution in [1.82, 2.24) is 9.78 Å². The second-order valence-corrected chi connectivity index (χ2v) is 10.5. The van der Waals surface area contributed by atoms with Crippen LogP contribution in [0.3, 0.4) is 0 Å². The van der Waals surface area contributed by atoms with Gasteiger partial charge in [0.1, 0.15) is 6.61 Å². The first-order valence-electron chi connectivity index (χ1n) is 13.4. The van der Waals surface area contributed by atoms with Gasteiger partial charge in [-0.2, -0.15) is 5.10 Å². The van der Waals surface area contributed by atoms with Gasteiger partial charge in [0.15, 0.2) is 18.8 Å². The lowest BCUT2D eigenvalue weighted by Gasteiger charge is -2.22. The lowest BCUT2D eigenvalue weighted by molar-refractivity contribution is -0.581. The summed E-state index contributed by atoms with van der Waals surface area (Å²) in [7, 11) is 0. The summed E-state index contributed by atoms with van der Waals surface area (Å²) in [5, 5.41) is 15.7. The SMILES string of the molecule is CCOC[C@H]1Cc2ccccc2C=[N+]1Cc1c(CC)nn(-c2c(C)cc(C(C)(C)O)cc2C)c1CC. The Morgan fingerprint density at radius 2 is 1.78 bits per heavy atom. The Hall–Kier alpha value is -2.76. The number of fused-ring (bicyclic) bond motifs is 1. The van der Waals surface area contributed by atoms with Gasteiger partial charge in [-0.3, -0.25) is 0 Å². The van der Waals surface area contributed by atoms with Crippen LogP contribution in [0.4, 0.5) is 0 Å². The third kappa shape index (κ3) is 5.18. The summed E-state index contributed by atoms with van der Waals surface area (Å²) in [5.41, 5.74) is 9.86. The number of hydrogen-bond acceptors (Lipinski definition) is 3. The molecule has 0 unspecified atom stereocenters. The predicted molar refractivity (Wildman–Crippen MR) is 147 cm³/mol. The van der Waals surface area contributed by atoms with Crippen molar-refractivity contribution in [3.63, 3.8) is 0 Å². The Bertz CT molecular complexity index is 1240. The number of aryl methyl sites for hydroxylation is 3. The smallest absolute Gasteiger partial charge is 0.180 e. The molecule has 5 heteroatoms. The fourth-order valence-corrected chi connectivity index (χ4v) is 5.46. The van der Waals surface area contributed by atoms with E-state index >= 15 is 0 Å². The first-order chi connectivity index (χ1) is 17.2. The largest absolute Gasteiger partial charge is 0.386 e. The molecule has 0 aliphatic carbocycles. The zero-order valence-corrected chi connectivity index (χ0v) is 23.1. The summed E-state index contributed by atoms with van der Waals surface area (Å²) in [6.07, 6.45) is 5.08. The third-order valence-electron chi connectivity index (χ3n) is 7.39. The molecule has 3 aromatic rings. The molecule has 0 saturated heterocycles. The second kappa shape index (κ2) is 10.7. The van der Waals surface area contributed by atoms with E-state index in [-0.39, 0.29) is 0 Å². The first-order valence-corrected chi connectivity index (χ1v) is 13.4. The molecule has 1 N–H and O–H groups in total. The lowest BCUT2D eigenvalue weighted by Crippen LogP contribution is -2.37. The van der Waals surface area contributed by atoms with E-state index in [1.807, 2.05) is 13.8 Å². The Labute approximate surface area is 216 Å². The molecule has 0 fully saturated rings. The Balaban J connectivity index is 1.80. The fraction of sp³-hybridized carbons (Fsp3) is 0.484. The molecule has 0 saturated carbocycles. The van der Waals surface area contributed by atoms with Crippen LogP contribution in [0.2, 0.25) is 0 Å². The van der Waals surface area contributed by atoms with Crippen molar-refractivity contribution in [2.24, 2.45) is 0 Å². The van der Waals surface area contributed by atoms with Crippen molar-refractivity contribution in [3.05, 3.63) is 81.2 Å². The quantitative estimate of drug-likeness (QED) is 0.409. The number of rotatable bonds is 9. The van der Waals surface area contributed by atoms with Crippen molar-refractivity contribution < 1.29 is 14.4 Å². The van der Waals surface area contributed by atoms with Crippen LogP contribution in [0.5, 0.6) is 0 Å². The van der Waals surface area contributed by atoms with Crippen LogP contribution in [0.25, 0.3) is 5.69 Å². The highest BCUT2D eigenvalue weighted by molar-refractivity contribution is 5.78. The number of aliphatic hydroxyl groups is 1. The standard InChI is InChI=1S/C31H42N3O2/c1-8-28-27(19-33-18-24-14-12-11-13-23(24)17-26(33)20-36-10-3)29(9-2)34(32-28)30-21(4)15-25(16-22(30)5)31(6,7)35/h11-16,18,26,35H,8-10,17,19-20H2,1-7H3/q+1/t26-/m1/s1. The highest BCUT2D eigenvalue weighted by Crippen LogP contribution is 2.30. The minimum atomic E-state index is -0.874. The zero-order chi connectivity index (χ0) is 26.0. The number of aromatic nitrogens is 2. The van der Waals surface area contributed by atoms with Gasteiger partial charge >= 0.3 is 0 Å². The van der Waals surface area contributed by atoms with Gasteiger partial charge in [-0.15, -0.1) is 0 Å². The Morgan fingerprint density at radius 1 is 1.08 bits per heavy atom. The molecule has 2 heterocycles. The molecule has 2 aromatic carbocycles. The predicted octanol–water partition coefficient (Wildman–Crippen LogP) is 5.43. The van der Waals surface area contributed by atoms with Crippen LogP contribution in [0.1, 0.15) is 79.4 Å². The molecule has 1 aromatic heterocycles. The van der Waals surface area contributed by atoms with Crippen LogP contribution in [0, 0.1) is 13.8 Å².